The van der Waals surface area contributed by atoms with E-state index in [0.29, 0.717) is 5.92 Å². The molecule has 19 heavy (non-hydrogen) atoms. The van der Waals surface area contributed by atoms with E-state index in [0.717, 1.165) is 41.2 Å². The summed E-state index contributed by atoms with van der Waals surface area (Å²) < 4.78 is 11.7. The SMILES string of the molecule is COc1cc(CN2CC(C)C(N)C2)c(OC)cc1Br. The molecular weight excluding hydrogens is 308 g/mol. The Hall–Kier alpha value is -0.780. The fourth-order valence-corrected chi connectivity index (χ4v) is 3.00. The molecule has 1 saturated heterocycles. The first kappa shape index (κ1) is 14.6. The van der Waals surface area contributed by atoms with Gasteiger partial charge in [-0.1, -0.05) is 6.92 Å². The van der Waals surface area contributed by atoms with Crippen molar-refractivity contribution in [3.63, 3.8) is 0 Å². The molecule has 0 radical (unpaired) electrons. The number of benzene rings is 1. The molecule has 1 aliphatic rings. The molecule has 2 rings (SSSR count). The van der Waals surface area contributed by atoms with Crippen LogP contribution in [0.3, 0.4) is 0 Å². The number of halogens is 1. The van der Waals surface area contributed by atoms with Crippen LogP contribution in [0, 0.1) is 5.92 Å². The van der Waals surface area contributed by atoms with Crippen molar-refractivity contribution in [3.05, 3.63) is 22.2 Å². The van der Waals surface area contributed by atoms with E-state index in [1.54, 1.807) is 14.2 Å². The van der Waals surface area contributed by atoms with Crippen LogP contribution in [0.1, 0.15) is 12.5 Å². The Morgan fingerprint density at radius 2 is 1.95 bits per heavy atom. The molecule has 2 atom stereocenters. The molecular formula is C14H21BrN2O2. The fraction of sp³-hybridized carbons (Fsp3) is 0.571. The van der Waals surface area contributed by atoms with E-state index in [2.05, 4.69) is 27.8 Å². The number of nitrogens with zero attached hydrogens (tertiary/aromatic N) is 1. The normalized spacial score (nSPS) is 23.6. The number of ether oxygens (including phenoxy) is 2. The highest BCUT2D eigenvalue weighted by Crippen LogP contribution is 2.34. The lowest BCUT2D eigenvalue weighted by molar-refractivity contribution is 0.308. The molecule has 2 N–H and O–H groups in total. The molecule has 1 fully saturated rings. The molecule has 0 bridgehead atoms. The molecule has 5 heteroatoms. The molecule has 0 aromatic heterocycles. The largest absolute Gasteiger partial charge is 0.496 e. The highest BCUT2D eigenvalue weighted by Gasteiger charge is 2.27. The number of nitrogens with two attached hydrogens (primary N) is 1. The Morgan fingerprint density at radius 3 is 2.47 bits per heavy atom. The van der Waals surface area contributed by atoms with E-state index >= 15 is 0 Å². The third-order valence-corrected chi connectivity index (χ3v) is 4.31. The first-order valence-corrected chi connectivity index (χ1v) is 7.22. The van der Waals surface area contributed by atoms with Gasteiger partial charge < -0.3 is 15.2 Å². The van der Waals surface area contributed by atoms with Crippen molar-refractivity contribution < 1.29 is 9.47 Å². The van der Waals surface area contributed by atoms with Gasteiger partial charge in [0, 0.05) is 31.2 Å². The van der Waals surface area contributed by atoms with Gasteiger partial charge in [-0.25, -0.2) is 0 Å². The van der Waals surface area contributed by atoms with E-state index in [1.807, 2.05) is 12.1 Å². The summed E-state index contributed by atoms with van der Waals surface area (Å²) in [4.78, 5) is 2.36. The van der Waals surface area contributed by atoms with Crippen molar-refractivity contribution in [2.75, 3.05) is 27.3 Å². The van der Waals surface area contributed by atoms with Crippen LogP contribution in [0.15, 0.2) is 16.6 Å². The minimum absolute atomic E-state index is 0.267. The maximum absolute atomic E-state index is 6.07. The van der Waals surface area contributed by atoms with Crippen LogP contribution in [0.4, 0.5) is 0 Å². The van der Waals surface area contributed by atoms with Gasteiger partial charge in [0.05, 0.1) is 18.7 Å². The second-order valence-corrected chi connectivity index (χ2v) is 5.99. The van der Waals surface area contributed by atoms with Gasteiger partial charge in [0.1, 0.15) is 11.5 Å². The smallest absolute Gasteiger partial charge is 0.133 e. The molecule has 4 nitrogen and oxygen atoms in total. The zero-order chi connectivity index (χ0) is 14.0. The number of hydrogen-bond donors (Lipinski definition) is 1. The average Bonchev–Trinajstić information content (AvgIpc) is 2.70. The van der Waals surface area contributed by atoms with Gasteiger partial charge in [-0.3, -0.25) is 4.90 Å². The Labute approximate surface area is 123 Å². The average molecular weight is 329 g/mol. The van der Waals surface area contributed by atoms with Crippen molar-refractivity contribution in [2.24, 2.45) is 11.7 Å². The van der Waals surface area contributed by atoms with Gasteiger partial charge in [0.2, 0.25) is 0 Å². The van der Waals surface area contributed by atoms with Gasteiger partial charge >= 0.3 is 0 Å². The standard InChI is InChI=1S/C14H21BrN2O2/c1-9-6-17(8-12(9)16)7-10-4-14(19-3)11(15)5-13(10)18-2/h4-5,9,12H,6-8,16H2,1-3H3. The third kappa shape index (κ3) is 3.22. The van der Waals surface area contributed by atoms with Gasteiger partial charge in [0.15, 0.2) is 0 Å². The van der Waals surface area contributed by atoms with Crippen LogP contribution >= 0.6 is 15.9 Å². The first-order chi connectivity index (χ1) is 9.05. The second kappa shape index (κ2) is 6.11. The van der Waals surface area contributed by atoms with Crippen LogP contribution in [-0.4, -0.2) is 38.3 Å². The monoisotopic (exact) mass is 328 g/mol. The lowest BCUT2D eigenvalue weighted by Gasteiger charge is -2.18. The molecule has 0 saturated carbocycles. The summed E-state index contributed by atoms with van der Waals surface area (Å²) in [6.45, 7) is 5.00. The van der Waals surface area contributed by atoms with E-state index in [9.17, 15) is 0 Å². The topological polar surface area (TPSA) is 47.7 Å². The van der Waals surface area contributed by atoms with E-state index in [1.165, 1.54) is 0 Å². The van der Waals surface area contributed by atoms with Gasteiger partial charge in [-0.05, 0) is 34.0 Å². The molecule has 106 valence electrons. The number of rotatable bonds is 4. The molecule has 0 aliphatic carbocycles. The Morgan fingerprint density at radius 1 is 1.26 bits per heavy atom. The van der Waals surface area contributed by atoms with Crippen LogP contribution in [0.2, 0.25) is 0 Å². The number of likely N-dealkylation sites (tertiary alicyclic amines) is 1. The van der Waals surface area contributed by atoms with Gasteiger partial charge in [-0.2, -0.15) is 0 Å². The molecule has 1 aromatic rings. The predicted octanol–water partition coefficient (Wildman–Crippen LogP) is 2.25. The van der Waals surface area contributed by atoms with Gasteiger partial charge in [-0.15, -0.1) is 0 Å². The second-order valence-electron chi connectivity index (χ2n) is 5.13. The minimum Gasteiger partial charge on any atom is -0.496 e. The molecule has 0 spiro atoms. The summed E-state index contributed by atoms with van der Waals surface area (Å²) in [5.41, 5.74) is 7.20. The van der Waals surface area contributed by atoms with Crippen LogP contribution in [-0.2, 0) is 6.54 Å². The highest BCUT2D eigenvalue weighted by molar-refractivity contribution is 9.10. The van der Waals surface area contributed by atoms with Crippen LogP contribution in [0.5, 0.6) is 11.5 Å². The molecule has 2 unspecified atom stereocenters. The number of methoxy groups -OCH3 is 2. The highest BCUT2D eigenvalue weighted by atomic mass is 79.9. The summed E-state index contributed by atoms with van der Waals surface area (Å²) >= 11 is 3.48. The van der Waals surface area contributed by atoms with Crippen molar-refractivity contribution in [1.82, 2.24) is 4.90 Å². The zero-order valence-corrected chi connectivity index (χ0v) is 13.2. The molecule has 1 heterocycles. The van der Waals surface area contributed by atoms with E-state index in [4.69, 9.17) is 15.2 Å². The molecule has 0 amide bonds. The summed E-state index contributed by atoms with van der Waals surface area (Å²) in [6, 6.07) is 4.24. The van der Waals surface area contributed by atoms with Crippen molar-refractivity contribution in [3.8, 4) is 11.5 Å². The summed E-state index contributed by atoms with van der Waals surface area (Å²) in [5.74, 6) is 2.25. The third-order valence-electron chi connectivity index (χ3n) is 3.69. The lowest BCUT2D eigenvalue weighted by atomic mass is 10.1. The van der Waals surface area contributed by atoms with E-state index in [-0.39, 0.29) is 6.04 Å². The predicted molar refractivity (Wildman–Crippen MR) is 79.7 cm³/mol. The summed E-state index contributed by atoms with van der Waals surface area (Å²) in [5, 5.41) is 0. The zero-order valence-electron chi connectivity index (χ0n) is 11.6. The van der Waals surface area contributed by atoms with E-state index < -0.39 is 0 Å². The van der Waals surface area contributed by atoms with Gasteiger partial charge in [0.25, 0.3) is 0 Å². The fourth-order valence-electron chi connectivity index (χ4n) is 2.51. The summed E-state index contributed by atoms with van der Waals surface area (Å²) in [6.07, 6.45) is 0. The Balaban J connectivity index is 2.19. The maximum Gasteiger partial charge on any atom is 0.133 e. The van der Waals surface area contributed by atoms with Crippen molar-refractivity contribution >= 4 is 15.9 Å². The molecule has 1 aromatic carbocycles. The Kier molecular flexibility index (Phi) is 4.71. The molecule has 1 aliphatic heterocycles. The lowest BCUT2D eigenvalue weighted by Crippen LogP contribution is -2.28. The Bertz CT molecular complexity index is 443. The summed E-state index contributed by atoms with van der Waals surface area (Å²) in [7, 11) is 3.36. The first-order valence-electron chi connectivity index (χ1n) is 6.43. The maximum atomic E-state index is 6.07. The van der Waals surface area contributed by atoms with Crippen LogP contribution < -0.4 is 15.2 Å². The quantitative estimate of drug-likeness (QED) is 0.920. The number of hydrogen-bond acceptors (Lipinski definition) is 4. The van der Waals surface area contributed by atoms with Crippen molar-refractivity contribution in [1.29, 1.82) is 0 Å². The van der Waals surface area contributed by atoms with Crippen LogP contribution in [0.25, 0.3) is 0 Å². The van der Waals surface area contributed by atoms with Crippen molar-refractivity contribution in [2.45, 2.75) is 19.5 Å². The minimum atomic E-state index is 0.267.